The van der Waals surface area contributed by atoms with Crippen molar-refractivity contribution in [3.8, 4) is 0 Å². The number of imidazole rings is 1. The molecule has 0 bridgehead atoms. The van der Waals surface area contributed by atoms with Gasteiger partial charge in [-0.3, -0.25) is 0 Å². The summed E-state index contributed by atoms with van der Waals surface area (Å²) in [5, 5.41) is 12.4. The van der Waals surface area contributed by atoms with Gasteiger partial charge in [0.25, 0.3) is 0 Å². The van der Waals surface area contributed by atoms with Gasteiger partial charge in [-0.2, -0.15) is 0 Å². The molecule has 0 aliphatic heterocycles. The van der Waals surface area contributed by atoms with Crippen molar-refractivity contribution in [2.75, 3.05) is 5.32 Å². The van der Waals surface area contributed by atoms with E-state index in [1.54, 1.807) is 12.5 Å². The molecule has 0 spiro atoms. The summed E-state index contributed by atoms with van der Waals surface area (Å²) in [6.45, 7) is 2.62. The molecule has 1 aromatic carbocycles. The molecular weight excluding hydrogens is 310 g/mol. The van der Waals surface area contributed by atoms with E-state index in [1.165, 1.54) is 0 Å². The Labute approximate surface area is 119 Å². The highest BCUT2D eigenvalue weighted by atomic mass is 79.9. The van der Waals surface area contributed by atoms with Gasteiger partial charge in [-0.1, -0.05) is 12.1 Å². The summed E-state index contributed by atoms with van der Waals surface area (Å²) < 4.78 is 2.63. The minimum atomic E-state index is -0.939. The zero-order valence-corrected chi connectivity index (χ0v) is 12.0. The van der Waals surface area contributed by atoms with Crippen molar-refractivity contribution in [2.45, 2.75) is 19.5 Å². The van der Waals surface area contributed by atoms with Crippen LogP contribution in [0.25, 0.3) is 0 Å². The van der Waals surface area contributed by atoms with Gasteiger partial charge in [0, 0.05) is 16.7 Å². The maximum Gasteiger partial charge on any atom is 0.332 e. The molecule has 0 radical (unpaired) electrons. The number of nitrogens with one attached hydrogen (secondary N) is 1. The number of rotatable bonds is 5. The summed E-state index contributed by atoms with van der Waals surface area (Å²) in [5.41, 5.74) is 1.37. The van der Waals surface area contributed by atoms with Gasteiger partial charge in [0.1, 0.15) is 0 Å². The lowest BCUT2D eigenvalue weighted by molar-refractivity contribution is -0.138. The van der Waals surface area contributed by atoms with Crippen LogP contribution in [0.5, 0.6) is 0 Å². The fraction of sp³-hybridized carbons (Fsp3) is 0.231. The Morgan fingerprint density at radius 1 is 1.53 bits per heavy atom. The molecule has 0 saturated heterocycles. The summed E-state index contributed by atoms with van der Waals surface area (Å²) in [6.07, 6.45) is 3.21. The van der Waals surface area contributed by atoms with Gasteiger partial charge in [-0.15, -0.1) is 0 Å². The number of aryl methyl sites for hydroxylation is 1. The molecule has 2 rings (SSSR count). The van der Waals surface area contributed by atoms with Gasteiger partial charge >= 0.3 is 5.97 Å². The van der Waals surface area contributed by atoms with Gasteiger partial charge < -0.3 is 15.0 Å². The zero-order chi connectivity index (χ0) is 13.8. The molecule has 2 aromatic rings. The molecule has 0 fully saturated rings. The molecule has 100 valence electrons. The first-order chi connectivity index (χ1) is 9.13. The van der Waals surface area contributed by atoms with Crippen molar-refractivity contribution in [1.82, 2.24) is 9.55 Å². The van der Waals surface area contributed by atoms with Crippen molar-refractivity contribution < 1.29 is 9.90 Å². The van der Waals surface area contributed by atoms with E-state index in [0.29, 0.717) is 12.2 Å². The SMILES string of the molecule is CCn1cncc1C(Nc1ccccc1Br)C(=O)O. The van der Waals surface area contributed by atoms with E-state index in [0.717, 1.165) is 10.2 Å². The molecule has 0 aliphatic rings. The standard InChI is InChI=1S/C13H14BrN3O2/c1-2-17-8-15-7-11(17)12(13(18)19)16-10-6-4-3-5-9(10)14/h3-8,12,16H,2H2,1H3,(H,18,19). The molecule has 5 nitrogen and oxygen atoms in total. The minimum absolute atomic E-state index is 0.630. The predicted octanol–water partition coefficient (Wildman–Crippen LogP) is 2.90. The molecule has 2 N–H and O–H groups in total. The monoisotopic (exact) mass is 323 g/mol. The molecule has 6 heteroatoms. The van der Waals surface area contributed by atoms with E-state index in [-0.39, 0.29) is 0 Å². The van der Waals surface area contributed by atoms with Crippen LogP contribution < -0.4 is 5.32 Å². The maximum atomic E-state index is 11.5. The molecule has 0 aliphatic carbocycles. The van der Waals surface area contributed by atoms with Crippen LogP contribution in [-0.2, 0) is 11.3 Å². The quantitative estimate of drug-likeness (QED) is 0.887. The first-order valence-electron chi connectivity index (χ1n) is 5.87. The normalized spacial score (nSPS) is 12.1. The zero-order valence-electron chi connectivity index (χ0n) is 10.4. The van der Waals surface area contributed by atoms with Crippen LogP contribution in [0, 0.1) is 0 Å². The van der Waals surface area contributed by atoms with Crippen molar-refractivity contribution in [1.29, 1.82) is 0 Å². The van der Waals surface area contributed by atoms with Gasteiger partial charge in [0.2, 0.25) is 0 Å². The van der Waals surface area contributed by atoms with E-state index in [9.17, 15) is 9.90 Å². The summed E-state index contributed by atoms with van der Waals surface area (Å²) in [6, 6.07) is 6.58. The lowest BCUT2D eigenvalue weighted by Crippen LogP contribution is -2.23. The second-order valence-corrected chi connectivity index (χ2v) is 4.85. The fourth-order valence-corrected chi connectivity index (χ4v) is 2.23. The molecule has 1 aromatic heterocycles. The topological polar surface area (TPSA) is 67.2 Å². The van der Waals surface area contributed by atoms with Crippen LogP contribution in [-0.4, -0.2) is 20.6 Å². The second kappa shape index (κ2) is 5.88. The summed E-state index contributed by atoms with van der Waals surface area (Å²) in [4.78, 5) is 15.5. The van der Waals surface area contributed by atoms with Crippen molar-refractivity contribution >= 4 is 27.6 Å². The highest BCUT2D eigenvalue weighted by molar-refractivity contribution is 9.10. The lowest BCUT2D eigenvalue weighted by Gasteiger charge is -2.18. The molecule has 19 heavy (non-hydrogen) atoms. The number of carbonyl (C=O) groups is 1. The Balaban J connectivity index is 2.32. The number of nitrogens with zero attached hydrogens (tertiary/aromatic N) is 2. The third-order valence-electron chi connectivity index (χ3n) is 2.80. The number of benzene rings is 1. The van der Waals surface area contributed by atoms with Gasteiger partial charge in [-0.25, -0.2) is 9.78 Å². The van der Waals surface area contributed by atoms with Crippen LogP contribution in [0.3, 0.4) is 0 Å². The van der Waals surface area contributed by atoms with Crippen LogP contribution in [0.15, 0.2) is 41.3 Å². The largest absolute Gasteiger partial charge is 0.479 e. The van der Waals surface area contributed by atoms with E-state index < -0.39 is 12.0 Å². The second-order valence-electron chi connectivity index (χ2n) is 4.00. The Morgan fingerprint density at radius 3 is 2.89 bits per heavy atom. The number of aliphatic carboxylic acids is 1. The van der Waals surface area contributed by atoms with Crippen molar-refractivity contribution in [2.24, 2.45) is 0 Å². The number of carboxylic acid groups (broad SMARTS) is 1. The van der Waals surface area contributed by atoms with E-state index >= 15 is 0 Å². The summed E-state index contributed by atoms with van der Waals surface area (Å²) >= 11 is 3.39. The van der Waals surface area contributed by atoms with Gasteiger partial charge in [0.15, 0.2) is 6.04 Å². The van der Waals surface area contributed by atoms with Gasteiger partial charge in [0.05, 0.1) is 18.2 Å². The molecular formula is C13H14BrN3O2. The average Bonchev–Trinajstić information content (AvgIpc) is 2.85. The number of hydrogen-bond acceptors (Lipinski definition) is 3. The number of halogens is 1. The van der Waals surface area contributed by atoms with E-state index in [1.807, 2.05) is 35.8 Å². The maximum absolute atomic E-state index is 11.5. The first kappa shape index (κ1) is 13.6. The van der Waals surface area contributed by atoms with Crippen LogP contribution >= 0.6 is 15.9 Å². The van der Waals surface area contributed by atoms with Crippen molar-refractivity contribution in [3.05, 3.63) is 47.0 Å². The highest BCUT2D eigenvalue weighted by Crippen LogP contribution is 2.26. The number of carboxylic acids is 1. The molecule has 1 unspecified atom stereocenters. The average molecular weight is 324 g/mol. The predicted molar refractivity (Wildman–Crippen MR) is 76.0 cm³/mol. The lowest BCUT2D eigenvalue weighted by atomic mass is 10.2. The number of hydrogen-bond donors (Lipinski definition) is 2. The van der Waals surface area contributed by atoms with Crippen LogP contribution in [0.2, 0.25) is 0 Å². The number of anilines is 1. The Kier molecular flexibility index (Phi) is 4.21. The third-order valence-corrected chi connectivity index (χ3v) is 3.49. The molecule has 0 amide bonds. The summed E-state index contributed by atoms with van der Waals surface area (Å²) in [5.74, 6) is -0.939. The Morgan fingerprint density at radius 2 is 2.26 bits per heavy atom. The summed E-state index contributed by atoms with van der Waals surface area (Å²) in [7, 11) is 0. The third kappa shape index (κ3) is 2.96. The molecule has 1 atom stereocenters. The fourth-order valence-electron chi connectivity index (χ4n) is 1.83. The minimum Gasteiger partial charge on any atom is -0.479 e. The van der Waals surface area contributed by atoms with Gasteiger partial charge in [-0.05, 0) is 35.0 Å². The number of aromatic nitrogens is 2. The van der Waals surface area contributed by atoms with E-state index in [2.05, 4.69) is 26.2 Å². The smallest absolute Gasteiger partial charge is 0.332 e. The first-order valence-corrected chi connectivity index (χ1v) is 6.66. The highest BCUT2D eigenvalue weighted by Gasteiger charge is 2.23. The van der Waals surface area contributed by atoms with Crippen LogP contribution in [0.4, 0.5) is 5.69 Å². The van der Waals surface area contributed by atoms with Crippen LogP contribution in [0.1, 0.15) is 18.7 Å². The molecule has 1 heterocycles. The van der Waals surface area contributed by atoms with Crippen molar-refractivity contribution in [3.63, 3.8) is 0 Å². The Bertz CT molecular complexity index is 583. The number of para-hydroxylation sites is 1. The Hall–Kier alpha value is -1.82. The molecule has 0 saturated carbocycles. The van der Waals surface area contributed by atoms with E-state index in [4.69, 9.17) is 0 Å².